The molecule has 0 saturated heterocycles. The Balaban J connectivity index is 1.55. The lowest BCUT2D eigenvalue weighted by Crippen LogP contribution is -2.20. The van der Waals surface area contributed by atoms with E-state index in [2.05, 4.69) is 29.0 Å². The first-order chi connectivity index (χ1) is 14.2. The number of aromatic nitrogens is 1. The molecule has 1 aromatic heterocycles. The summed E-state index contributed by atoms with van der Waals surface area (Å²) in [7, 11) is -3.81. The number of amides is 1. The molecule has 0 radical (unpaired) electrons. The lowest BCUT2D eigenvalue weighted by Gasteiger charge is -2.10. The molecule has 158 valence electrons. The zero-order valence-corrected chi connectivity index (χ0v) is 17.7. The van der Waals surface area contributed by atoms with Gasteiger partial charge in [0, 0.05) is 11.8 Å². The Bertz CT molecular complexity index is 1100. The second kappa shape index (κ2) is 9.00. The SMILES string of the molecule is Cc1cc(NS(=O)(=O)c2ccc(NC(=O)COc3ccc(C(C)C)cc3)cc2)no1. The van der Waals surface area contributed by atoms with Gasteiger partial charge in [-0.15, -0.1) is 0 Å². The number of hydrogen-bond donors (Lipinski definition) is 2. The van der Waals surface area contributed by atoms with Crippen LogP contribution in [0, 0.1) is 6.92 Å². The van der Waals surface area contributed by atoms with Crippen molar-refractivity contribution in [2.24, 2.45) is 0 Å². The number of nitrogens with one attached hydrogen (secondary N) is 2. The summed E-state index contributed by atoms with van der Waals surface area (Å²) in [6, 6.07) is 14.8. The lowest BCUT2D eigenvalue weighted by molar-refractivity contribution is -0.118. The van der Waals surface area contributed by atoms with Crippen LogP contribution in [-0.2, 0) is 14.8 Å². The van der Waals surface area contributed by atoms with E-state index >= 15 is 0 Å². The van der Waals surface area contributed by atoms with E-state index in [1.807, 2.05) is 24.3 Å². The number of rotatable bonds is 8. The number of aryl methyl sites for hydroxylation is 1. The number of carbonyl (C=O) groups excluding carboxylic acids is 1. The fourth-order valence-corrected chi connectivity index (χ4v) is 3.61. The highest BCUT2D eigenvalue weighted by molar-refractivity contribution is 7.92. The van der Waals surface area contributed by atoms with Crippen molar-refractivity contribution in [3.05, 3.63) is 65.9 Å². The molecule has 1 heterocycles. The number of sulfonamides is 1. The molecule has 1 amide bonds. The van der Waals surface area contributed by atoms with E-state index < -0.39 is 10.0 Å². The van der Waals surface area contributed by atoms with Crippen molar-refractivity contribution in [2.75, 3.05) is 16.6 Å². The van der Waals surface area contributed by atoms with Crippen LogP contribution in [0.5, 0.6) is 5.75 Å². The van der Waals surface area contributed by atoms with Gasteiger partial charge in [0.25, 0.3) is 15.9 Å². The predicted molar refractivity (Wildman–Crippen MR) is 113 cm³/mol. The molecule has 0 aliphatic rings. The summed E-state index contributed by atoms with van der Waals surface area (Å²) >= 11 is 0. The molecule has 0 aliphatic carbocycles. The molecule has 0 atom stereocenters. The molecular weight excluding hydrogens is 406 g/mol. The third kappa shape index (κ3) is 5.60. The van der Waals surface area contributed by atoms with Crippen molar-refractivity contribution in [3.8, 4) is 5.75 Å². The van der Waals surface area contributed by atoms with E-state index in [0.29, 0.717) is 23.1 Å². The van der Waals surface area contributed by atoms with E-state index in [-0.39, 0.29) is 23.2 Å². The fraction of sp³-hybridized carbons (Fsp3) is 0.238. The summed E-state index contributed by atoms with van der Waals surface area (Å²) in [6.45, 7) is 5.71. The van der Waals surface area contributed by atoms with Gasteiger partial charge in [0.05, 0.1) is 4.90 Å². The van der Waals surface area contributed by atoms with E-state index in [1.54, 1.807) is 6.92 Å². The first-order valence-corrected chi connectivity index (χ1v) is 10.8. The molecule has 30 heavy (non-hydrogen) atoms. The second-order valence-electron chi connectivity index (χ2n) is 7.01. The minimum Gasteiger partial charge on any atom is -0.484 e. The van der Waals surface area contributed by atoms with Crippen molar-refractivity contribution in [3.63, 3.8) is 0 Å². The first-order valence-electron chi connectivity index (χ1n) is 9.32. The second-order valence-corrected chi connectivity index (χ2v) is 8.70. The third-order valence-electron chi connectivity index (χ3n) is 4.23. The summed E-state index contributed by atoms with van der Waals surface area (Å²) < 4.78 is 37.4. The molecule has 0 unspecified atom stereocenters. The maximum absolute atomic E-state index is 12.4. The number of anilines is 2. The summed E-state index contributed by atoms with van der Waals surface area (Å²) in [5.41, 5.74) is 1.64. The van der Waals surface area contributed by atoms with Crippen molar-refractivity contribution >= 4 is 27.4 Å². The topological polar surface area (TPSA) is 111 Å². The van der Waals surface area contributed by atoms with Gasteiger partial charge in [-0.2, -0.15) is 0 Å². The zero-order chi connectivity index (χ0) is 21.7. The molecule has 0 aliphatic heterocycles. The van der Waals surface area contributed by atoms with E-state index in [4.69, 9.17) is 9.26 Å². The quantitative estimate of drug-likeness (QED) is 0.561. The Morgan fingerprint density at radius 2 is 1.77 bits per heavy atom. The van der Waals surface area contributed by atoms with Crippen LogP contribution in [0.25, 0.3) is 0 Å². The Labute approximate surface area is 175 Å². The van der Waals surface area contributed by atoms with E-state index in [0.717, 1.165) is 0 Å². The molecule has 2 N–H and O–H groups in total. The average molecular weight is 429 g/mol. The summed E-state index contributed by atoms with van der Waals surface area (Å²) in [5.74, 6) is 1.26. The molecule has 2 aromatic carbocycles. The molecule has 0 spiro atoms. The number of ether oxygens (including phenoxy) is 1. The van der Waals surface area contributed by atoms with Gasteiger partial charge in [-0.25, -0.2) is 8.42 Å². The van der Waals surface area contributed by atoms with Crippen molar-refractivity contribution in [1.82, 2.24) is 5.16 Å². The van der Waals surface area contributed by atoms with Crippen LogP contribution in [0.4, 0.5) is 11.5 Å². The molecule has 3 rings (SSSR count). The van der Waals surface area contributed by atoms with Gasteiger partial charge in [0.1, 0.15) is 11.5 Å². The zero-order valence-electron chi connectivity index (χ0n) is 16.9. The highest BCUT2D eigenvalue weighted by atomic mass is 32.2. The third-order valence-corrected chi connectivity index (χ3v) is 5.60. The van der Waals surface area contributed by atoms with Crippen molar-refractivity contribution < 1.29 is 22.5 Å². The van der Waals surface area contributed by atoms with Crippen LogP contribution >= 0.6 is 0 Å². The van der Waals surface area contributed by atoms with Crippen LogP contribution in [0.3, 0.4) is 0 Å². The Hall–Kier alpha value is -3.33. The molecule has 8 nitrogen and oxygen atoms in total. The maximum Gasteiger partial charge on any atom is 0.263 e. The standard InChI is InChI=1S/C21H23N3O5S/c1-14(2)16-4-8-18(9-5-16)28-13-21(25)22-17-6-10-19(11-7-17)30(26,27)24-20-12-15(3)29-23-20/h4-12,14H,13H2,1-3H3,(H,22,25)(H,23,24). The molecule has 0 saturated carbocycles. The normalized spacial score (nSPS) is 11.3. The fourth-order valence-electron chi connectivity index (χ4n) is 2.62. The average Bonchev–Trinajstić information content (AvgIpc) is 3.11. The van der Waals surface area contributed by atoms with Gasteiger partial charge in [-0.1, -0.05) is 31.1 Å². The maximum atomic E-state index is 12.4. The summed E-state index contributed by atoms with van der Waals surface area (Å²) in [5, 5.41) is 6.27. The van der Waals surface area contributed by atoms with E-state index in [1.165, 1.54) is 35.9 Å². The number of hydrogen-bond acceptors (Lipinski definition) is 6. The number of nitrogens with zero attached hydrogens (tertiary/aromatic N) is 1. The van der Waals surface area contributed by atoms with Gasteiger partial charge in [-0.3, -0.25) is 9.52 Å². The van der Waals surface area contributed by atoms with Gasteiger partial charge in [0.2, 0.25) is 0 Å². The smallest absolute Gasteiger partial charge is 0.263 e. The van der Waals surface area contributed by atoms with Gasteiger partial charge < -0.3 is 14.6 Å². The first kappa shape index (κ1) is 21.4. The van der Waals surface area contributed by atoms with Gasteiger partial charge >= 0.3 is 0 Å². The minimum atomic E-state index is -3.81. The van der Waals surface area contributed by atoms with Crippen molar-refractivity contribution in [1.29, 1.82) is 0 Å². The highest BCUT2D eigenvalue weighted by Gasteiger charge is 2.16. The predicted octanol–water partition coefficient (Wildman–Crippen LogP) is 3.92. The summed E-state index contributed by atoms with van der Waals surface area (Å²) in [4.78, 5) is 12.1. The molecule has 0 bridgehead atoms. The molecule has 0 fully saturated rings. The highest BCUT2D eigenvalue weighted by Crippen LogP contribution is 2.20. The number of benzene rings is 2. The molecule has 3 aromatic rings. The van der Waals surface area contributed by atoms with Crippen LogP contribution in [0.2, 0.25) is 0 Å². The molecular formula is C21H23N3O5S. The Morgan fingerprint density at radius 3 is 2.33 bits per heavy atom. The number of carbonyl (C=O) groups is 1. The van der Waals surface area contributed by atoms with Crippen molar-refractivity contribution in [2.45, 2.75) is 31.6 Å². The van der Waals surface area contributed by atoms with Crippen LogP contribution < -0.4 is 14.8 Å². The van der Waals surface area contributed by atoms with E-state index in [9.17, 15) is 13.2 Å². The molecule has 9 heteroatoms. The van der Waals surface area contributed by atoms with Crippen LogP contribution in [0.15, 0.2) is 64.0 Å². The van der Waals surface area contributed by atoms with Gasteiger partial charge in [0.15, 0.2) is 12.4 Å². The monoisotopic (exact) mass is 429 g/mol. The Morgan fingerprint density at radius 1 is 1.10 bits per heavy atom. The Kier molecular flexibility index (Phi) is 6.41. The summed E-state index contributed by atoms with van der Waals surface area (Å²) in [6.07, 6.45) is 0. The lowest BCUT2D eigenvalue weighted by atomic mass is 10.0. The van der Waals surface area contributed by atoms with Crippen LogP contribution in [0.1, 0.15) is 31.1 Å². The van der Waals surface area contributed by atoms with Gasteiger partial charge in [-0.05, 0) is 54.8 Å². The largest absolute Gasteiger partial charge is 0.484 e. The van der Waals surface area contributed by atoms with Crippen LogP contribution in [-0.4, -0.2) is 26.1 Å². The minimum absolute atomic E-state index is 0.0302.